The van der Waals surface area contributed by atoms with E-state index in [-0.39, 0.29) is 122 Å². The molecule has 0 atom stereocenters. The van der Waals surface area contributed by atoms with Crippen molar-refractivity contribution >= 4 is 145 Å². The summed E-state index contributed by atoms with van der Waals surface area (Å²) in [5.41, 5.74) is 7.82. The number of imide groups is 2. The summed E-state index contributed by atoms with van der Waals surface area (Å²) >= 11 is 0. The highest BCUT2D eigenvalue weighted by Gasteiger charge is 2.43. The number of para-hydroxylation sites is 2. The van der Waals surface area contributed by atoms with Crippen LogP contribution < -0.4 is 14.5 Å². The number of esters is 4. The van der Waals surface area contributed by atoms with Crippen LogP contribution in [-0.2, 0) is 45.4 Å². The number of nitrogens with zero attached hydrogens (tertiary/aromatic N) is 2. The summed E-state index contributed by atoms with van der Waals surface area (Å²) in [6.07, 6.45) is 0. The van der Waals surface area contributed by atoms with E-state index in [0.29, 0.717) is 104 Å². The van der Waals surface area contributed by atoms with Crippen LogP contribution in [0.5, 0.6) is 11.5 Å². The molecule has 0 bridgehead atoms. The number of carbonyl (C=O) groups excluding carboxylic acids is 8. The minimum atomic E-state index is -0.859. The van der Waals surface area contributed by atoms with Gasteiger partial charge in [-0.05, 0) is 160 Å². The van der Waals surface area contributed by atoms with E-state index in [1.54, 1.807) is 60.7 Å². The highest BCUT2D eigenvalue weighted by molar-refractivity contribution is 6.47. The molecule has 15 heteroatoms. The van der Waals surface area contributed by atoms with Crippen LogP contribution in [0.1, 0.15) is 206 Å². The molecule has 2 aliphatic rings. The largest absolute Gasteiger partial charge is 0.457 e. The van der Waals surface area contributed by atoms with Crippen molar-refractivity contribution in [3.63, 3.8) is 0 Å². The molecule has 0 saturated carbocycles. The highest BCUT2D eigenvalue weighted by atomic mass is 16.5. The predicted octanol–water partition coefficient (Wildman–Crippen LogP) is 23.1. The van der Waals surface area contributed by atoms with Crippen LogP contribution in [0.4, 0.5) is 11.4 Å². The normalized spacial score (nSPS) is 13.0. The maximum absolute atomic E-state index is 16.6. The van der Waals surface area contributed by atoms with Crippen LogP contribution in [0.2, 0.25) is 0 Å². The van der Waals surface area contributed by atoms with Crippen LogP contribution in [0.25, 0.3) is 86.2 Å². The first kappa shape index (κ1) is 72.6. The lowest BCUT2D eigenvalue weighted by atomic mass is 9.81. The summed E-state index contributed by atoms with van der Waals surface area (Å²) in [4.78, 5) is 129. The first-order valence-corrected chi connectivity index (χ1v) is 38.8. The Hall–Kier alpha value is -13.9. The molecule has 0 aromatic heterocycles. The Balaban J connectivity index is 0.956. The van der Waals surface area contributed by atoms with Gasteiger partial charge in [-0.15, -0.1) is 0 Å². The second-order valence-electron chi connectivity index (χ2n) is 31.0. The number of hydrogen-bond donors (Lipinski definition) is 0. The second-order valence-corrected chi connectivity index (χ2v) is 31.0. The van der Waals surface area contributed by atoms with Crippen molar-refractivity contribution in [2.45, 2.75) is 105 Å². The Labute approximate surface area is 661 Å². The molecule has 0 fully saturated rings. The maximum atomic E-state index is 16.6. The van der Waals surface area contributed by atoms with Gasteiger partial charge in [0.1, 0.15) is 37.9 Å². The fourth-order valence-corrected chi connectivity index (χ4v) is 17.4. The topological polar surface area (TPSA) is 189 Å². The summed E-state index contributed by atoms with van der Waals surface area (Å²) in [6.45, 7) is 15.7. The lowest BCUT2D eigenvalue weighted by Gasteiger charge is -2.34. The number of carbonyl (C=O) groups is 8. The lowest BCUT2D eigenvalue weighted by molar-refractivity contribution is 0.0458. The molecule has 2 aliphatic heterocycles. The van der Waals surface area contributed by atoms with Gasteiger partial charge in [0.2, 0.25) is 0 Å². The highest BCUT2D eigenvalue weighted by Crippen LogP contribution is 2.55. The molecule has 564 valence electrons. The molecule has 2 heterocycles. The van der Waals surface area contributed by atoms with Crippen molar-refractivity contribution in [1.29, 1.82) is 0 Å². The summed E-state index contributed by atoms with van der Waals surface area (Å²) in [6, 6.07) is 72.4. The van der Waals surface area contributed by atoms with Gasteiger partial charge >= 0.3 is 23.9 Å². The molecule has 0 saturated heterocycles. The minimum Gasteiger partial charge on any atom is -0.457 e. The summed E-state index contributed by atoms with van der Waals surface area (Å²) in [7, 11) is 0. The van der Waals surface area contributed by atoms with E-state index in [1.807, 2.05) is 231 Å². The Morgan fingerprint density at radius 3 is 0.904 bits per heavy atom. The molecule has 115 heavy (non-hydrogen) atoms. The van der Waals surface area contributed by atoms with E-state index in [1.165, 1.54) is 15.9 Å². The Bertz CT molecular complexity index is 6670. The van der Waals surface area contributed by atoms with Gasteiger partial charge in [-0.1, -0.05) is 250 Å². The minimum absolute atomic E-state index is 0.0108. The Kier molecular flexibility index (Phi) is 18.1. The predicted molar refractivity (Wildman–Crippen MR) is 449 cm³/mol. The average Bonchev–Trinajstić information content (AvgIpc) is 0.683. The lowest BCUT2D eigenvalue weighted by Crippen LogP contribution is -2.42. The molecule has 0 aliphatic carbocycles. The molecule has 0 radical (unpaired) electrons. The van der Waals surface area contributed by atoms with E-state index in [0.717, 1.165) is 22.3 Å². The van der Waals surface area contributed by atoms with E-state index >= 15 is 38.4 Å². The number of hydrogen-bond acceptors (Lipinski definition) is 13. The zero-order valence-electron chi connectivity index (χ0n) is 64.4. The Morgan fingerprint density at radius 2 is 0.539 bits per heavy atom. The number of benzene rings is 16. The fourth-order valence-electron chi connectivity index (χ4n) is 17.4. The number of anilines is 2. The molecule has 15 nitrogen and oxygen atoms in total. The molecular formula is C100H76N2O13. The van der Waals surface area contributed by atoms with Gasteiger partial charge in [0.25, 0.3) is 23.6 Å². The summed E-state index contributed by atoms with van der Waals surface area (Å²) in [5.74, 6) is -5.78. The van der Waals surface area contributed by atoms with E-state index in [9.17, 15) is 0 Å². The van der Waals surface area contributed by atoms with Crippen molar-refractivity contribution in [2.24, 2.45) is 0 Å². The smallest absolute Gasteiger partial charge is 0.339 e. The van der Waals surface area contributed by atoms with Gasteiger partial charge in [-0.3, -0.25) is 19.2 Å². The molecule has 0 spiro atoms. The Morgan fingerprint density at radius 1 is 0.261 bits per heavy atom. The standard InChI is InChI=1S/C100H76N2O13/c1-53(2)61-31-21-32-62(54(3)4)91(61)101-93(103)71-41-35-65-67-36-42-73-84-77(96(106)102(95(73)105)92-63(55(5)6)33-22-34-64(92)56(7)8)47-79(87(89(67)84)69-39-43-72(94(101)104)83(71)81(65)69)115-80-48-78(100(110)114-52-60-29-19-12-20-30-60)86-76(99(109)113-51-59-27-17-11-18-28-59)45-38-68-66-37-44-74(97(107)111-49-57-23-13-9-14-24-57)85-75(46-40-70(82(66)85)88(80)90(68)86)98(108)112-50-58-25-15-10-16-26-58/h9-48,53-56H,49-52H2,1-8H3. The number of rotatable bonds is 20. The number of amides is 4. The molecule has 0 N–H and O–H groups in total. The van der Waals surface area contributed by atoms with Crippen LogP contribution in [0, 0.1) is 0 Å². The zero-order valence-corrected chi connectivity index (χ0v) is 64.4. The van der Waals surface area contributed by atoms with Gasteiger partial charge in [0, 0.05) is 59.8 Å². The number of fused-ring (bicyclic) bond motifs is 4. The van der Waals surface area contributed by atoms with E-state index < -0.39 is 47.5 Å². The van der Waals surface area contributed by atoms with Gasteiger partial charge in [0.15, 0.2) is 0 Å². The molecule has 18 rings (SSSR count). The van der Waals surface area contributed by atoms with Crippen molar-refractivity contribution in [3.05, 3.63) is 332 Å². The first-order chi connectivity index (χ1) is 55.8. The first-order valence-electron chi connectivity index (χ1n) is 38.8. The van der Waals surface area contributed by atoms with Crippen molar-refractivity contribution in [1.82, 2.24) is 0 Å². The van der Waals surface area contributed by atoms with E-state index in [2.05, 4.69) is 0 Å². The summed E-state index contributed by atoms with van der Waals surface area (Å²) in [5, 5.41) is 6.31. The van der Waals surface area contributed by atoms with Crippen molar-refractivity contribution in [2.75, 3.05) is 9.80 Å². The van der Waals surface area contributed by atoms with Crippen molar-refractivity contribution in [3.8, 4) is 11.5 Å². The molecule has 16 aromatic carbocycles. The van der Waals surface area contributed by atoms with Gasteiger partial charge in [0.05, 0.1) is 39.2 Å². The molecule has 16 aromatic rings. The van der Waals surface area contributed by atoms with Gasteiger partial charge in [-0.2, -0.15) is 0 Å². The molecule has 0 unspecified atom stereocenters. The van der Waals surface area contributed by atoms with Gasteiger partial charge < -0.3 is 23.7 Å². The average molecular weight is 1510 g/mol. The monoisotopic (exact) mass is 1510 g/mol. The maximum Gasteiger partial charge on any atom is 0.339 e. The van der Waals surface area contributed by atoms with Crippen LogP contribution in [0.3, 0.4) is 0 Å². The third-order valence-electron chi connectivity index (χ3n) is 22.8. The third kappa shape index (κ3) is 11.9. The van der Waals surface area contributed by atoms with Crippen molar-refractivity contribution < 1.29 is 62.0 Å². The number of ether oxygens (including phenoxy) is 5. The SMILES string of the molecule is CC(C)c1cccc(C(C)C)c1N1C(=O)c2ccc3c4ccc5c6c(cc(Oc7cc(C(=O)OCc8ccccc8)c8c(C(=O)OCc9ccccc9)ccc9c%10ccc(C(=O)OCc%11ccccc%11)c%11c(C(=O)OCc%12ccccc%12)ccc(c7c89)c%11%10)c(c7ccc(c2c37)C1=O)c64)C(=O)N(c1c(C(C)C)cccc1C(C)C)C5=O. The van der Waals surface area contributed by atoms with Crippen LogP contribution in [0.15, 0.2) is 243 Å². The van der Waals surface area contributed by atoms with Crippen LogP contribution in [-0.4, -0.2) is 47.5 Å². The van der Waals surface area contributed by atoms with Crippen LogP contribution >= 0.6 is 0 Å². The summed E-state index contributed by atoms with van der Waals surface area (Å²) < 4.78 is 32.9. The molecular weight excluding hydrogens is 1440 g/mol. The molecule has 4 amide bonds. The zero-order chi connectivity index (χ0) is 79.5. The quantitative estimate of drug-likeness (QED) is 0.0231. The second kappa shape index (κ2) is 28.7. The van der Waals surface area contributed by atoms with E-state index in [4.69, 9.17) is 23.7 Å². The fraction of sp³-hybridized carbons (Fsp3) is 0.160. The van der Waals surface area contributed by atoms with Gasteiger partial charge in [-0.25, -0.2) is 29.0 Å². The third-order valence-corrected chi connectivity index (χ3v) is 22.8.